The first-order valence-corrected chi connectivity index (χ1v) is 9.91. The third-order valence-electron chi connectivity index (χ3n) is 5.48. The predicted molar refractivity (Wildman–Crippen MR) is 108 cm³/mol. The number of amides is 2. The van der Waals surface area contributed by atoms with Crippen LogP contribution in [-0.2, 0) is 0 Å². The molecule has 7 nitrogen and oxygen atoms in total. The fourth-order valence-electron chi connectivity index (χ4n) is 3.68. The number of ether oxygens (including phenoxy) is 1. The smallest absolute Gasteiger partial charge is 0.286 e. The van der Waals surface area contributed by atoms with E-state index in [0.717, 1.165) is 18.4 Å². The Hall–Kier alpha value is -2.80. The zero-order valence-electron chi connectivity index (χ0n) is 17.0. The van der Waals surface area contributed by atoms with E-state index in [0.29, 0.717) is 29.9 Å². The summed E-state index contributed by atoms with van der Waals surface area (Å²) in [5.74, 6) is 0.335. The van der Waals surface area contributed by atoms with Crippen molar-refractivity contribution >= 4 is 11.8 Å². The van der Waals surface area contributed by atoms with Gasteiger partial charge in [0.15, 0.2) is 5.76 Å². The van der Waals surface area contributed by atoms with E-state index in [-0.39, 0.29) is 35.6 Å². The standard InChI is InChI=1S/C22H28N2O5/c1-13(14-5-4-6-17(11-14)28-3)20-18(12-19(29-20)22(27)23-2)21(26)24-15-7-9-16(25)10-8-15/h4-6,11-13,15-16,25H,7-10H2,1-3H3,(H,23,27)(H,24,26)/t13-,15?,16?/m0/s1. The maximum absolute atomic E-state index is 13.0. The summed E-state index contributed by atoms with van der Waals surface area (Å²) in [6, 6.07) is 9.04. The lowest BCUT2D eigenvalue weighted by Crippen LogP contribution is -2.38. The van der Waals surface area contributed by atoms with Gasteiger partial charge in [0.2, 0.25) is 0 Å². The van der Waals surface area contributed by atoms with Crippen molar-refractivity contribution in [2.24, 2.45) is 0 Å². The van der Waals surface area contributed by atoms with Gasteiger partial charge in [0.25, 0.3) is 11.8 Å². The highest BCUT2D eigenvalue weighted by molar-refractivity contribution is 5.99. The van der Waals surface area contributed by atoms with Gasteiger partial charge in [0.1, 0.15) is 11.5 Å². The Morgan fingerprint density at radius 1 is 1.17 bits per heavy atom. The van der Waals surface area contributed by atoms with Crippen LogP contribution in [0.25, 0.3) is 0 Å². The Kier molecular flexibility index (Phi) is 6.59. The summed E-state index contributed by atoms with van der Waals surface area (Å²) in [6.45, 7) is 1.93. The van der Waals surface area contributed by atoms with Crippen LogP contribution in [0.1, 0.15) is 70.8 Å². The van der Waals surface area contributed by atoms with Crippen molar-refractivity contribution in [1.82, 2.24) is 10.6 Å². The van der Waals surface area contributed by atoms with Gasteiger partial charge < -0.3 is 24.9 Å². The minimum Gasteiger partial charge on any atom is -0.497 e. The first-order chi connectivity index (χ1) is 13.9. The molecule has 2 amide bonds. The van der Waals surface area contributed by atoms with Crippen molar-refractivity contribution in [3.8, 4) is 5.75 Å². The van der Waals surface area contributed by atoms with Crippen molar-refractivity contribution < 1.29 is 23.8 Å². The van der Waals surface area contributed by atoms with E-state index in [9.17, 15) is 14.7 Å². The molecule has 0 aliphatic heterocycles. The second-order valence-corrected chi connectivity index (χ2v) is 7.44. The average molecular weight is 400 g/mol. The Morgan fingerprint density at radius 2 is 1.90 bits per heavy atom. The Balaban J connectivity index is 1.89. The molecule has 29 heavy (non-hydrogen) atoms. The highest BCUT2D eigenvalue weighted by Crippen LogP contribution is 2.32. The largest absolute Gasteiger partial charge is 0.497 e. The van der Waals surface area contributed by atoms with E-state index >= 15 is 0 Å². The lowest BCUT2D eigenvalue weighted by Gasteiger charge is -2.26. The lowest BCUT2D eigenvalue weighted by molar-refractivity contribution is 0.0864. The molecule has 0 spiro atoms. The van der Waals surface area contributed by atoms with E-state index < -0.39 is 0 Å². The van der Waals surface area contributed by atoms with Gasteiger partial charge in [-0.05, 0) is 43.4 Å². The second kappa shape index (κ2) is 9.13. The molecule has 1 fully saturated rings. The quantitative estimate of drug-likeness (QED) is 0.692. The van der Waals surface area contributed by atoms with Gasteiger partial charge in [-0.15, -0.1) is 0 Å². The molecule has 1 aliphatic rings. The number of aliphatic hydroxyl groups excluding tert-OH is 1. The number of methoxy groups -OCH3 is 1. The molecule has 1 atom stereocenters. The molecule has 0 radical (unpaired) electrons. The molecule has 0 unspecified atom stereocenters. The first kappa shape index (κ1) is 20.9. The maximum atomic E-state index is 13.0. The van der Waals surface area contributed by atoms with Crippen LogP contribution in [0.3, 0.4) is 0 Å². The van der Waals surface area contributed by atoms with Crippen LogP contribution in [0.5, 0.6) is 5.75 Å². The Bertz CT molecular complexity index is 868. The summed E-state index contributed by atoms with van der Waals surface area (Å²) in [5, 5.41) is 15.2. The molecule has 156 valence electrons. The first-order valence-electron chi connectivity index (χ1n) is 9.91. The predicted octanol–water partition coefficient (Wildman–Crippen LogP) is 2.83. The van der Waals surface area contributed by atoms with Crippen molar-refractivity contribution in [1.29, 1.82) is 0 Å². The molecule has 3 N–H and O–H groups in total. The van der Waals surface area contributed by atoms with Crippen LogP contribution in [-0.4, -0.2) is 43.2 Å². The average Bonchev–Trinajstić information content (AvgIpc) is 3.20. The molecule has 1 aromatic heterocycles. The van der Waals surface area contributed by atoms with E-state index in [2.05, 4.69) is 10.6 Å². The van der Waals surface area contributed by atoms with Gasteiger partial charge in [-0.25, -0.2) is 0 Å². The summed E-state index contributed by atoms with van der Waals surface area (Å²) < 4.78 is 11.1. The van der Waals surface area contributed by atoms with E-state index in [1.807, 2.05) is 31.2 Å². The van der Waals surface area contributed by atoms with Crippen LogP contribution in [0.4, 0.5) is 0 Å². The van der Waals surface area contributed by atoms with Crippen LogP contribution in [0, 0.1) is 0 Å². The number of carbonyl (C=O) groups excluding carboxylic acids is 2. The molecule has 2 aromatic rings. The van der Waals surface area contributed by atoms with Crippen LogP contribution < -0.4 is 15.4 Å². The summed E-state index contributed by atoms with van der Waals surface area (Å²) >= 11 is 0. The number of aliphatic hydroxyl groups is 1. The highest BCUT2D eigenvalue weighted by Gasteiger charge is 2.28. The summed E-state index contributed by atoms with van der Waals surface area (Å²) in [6.07, 6.45) is 2.52. The zero-order valence-corrected chi connectivity index (χ0v) is 17.0. The fourth-order valence-corrected chi connectivity index (χ4v) is 3.68. The van der Waals surface area contributed by atoms with Crippen molar-refractivity contribution in [3.05, 3.63) is 53.0 Å². The summed E-state index contributed by atoms with van der Waals surface area (Å²) in [4.78, 5) is 25.1. The third kappa shape index (κ3) is 4.79. The Labute approximate surface area is 170 Å². The van der Waals surface area contributed by atoms with E-state index in [1.165, 1.54) is 13.1 Å². The SMILES string of the molecule is CNC(=O)c1cc(C(=O)NC2CCC(O)CC2)c([C@@H](C)c2cccc(OC)c2)o1. The number of benzene rings is 1. The molecular formula is C22H28N2O5. The fraction of sp³-hybridized carbons (Fsp3) is 0.455. The summed E-state index contributed by atoms with van der Waals surface area (Å²) in [5.41, 5.74) is 1.27. The van der Waals surface area contributed by atoms with Crippen molar-refractivity contribution in [2.75, 3.05) is 14.2 Å². The number of rotatable bonds is 6. The topological polar surface area (TPSA) is 101 Å². The minimum atomic E-state index is -0.385. The van der Waals surface area contributed by atoms with Gasteiger partial charge >= 0.3 is 0 Å². The monoisotopic (exact) mass is 400 g/mol. The molecule has 1 heterocycles. The number of carbonyl (C=O) groups is 2. The number of furan rings is 1. The van der Waals surface area contributed by atoms with Gasteiger partial charge in [-0.2, -0.15) is 0 Å². The maximum Gasteiger partial charge on any atom is 0.286 e. The lowest BCUT2D eigenvalue weighted by atomic mass is 9.92. The van der Waals surface area contributed by atoms with E-state index in [4.69, 9.17) is 9.15 Å². The third-order valence-corrected chi connectivity index (χ3v) is 5.48. The normalized spacial score (nSPS) is 20.0. The number of hydrogen-bond acceptors (Lipinski definition) is 5. The van der Waals surface area contributed by atoms with Gasteiger partial charge in [-0.1, -0.05) is 19.1 Å². The van der Waals surface area contributed by atoms with Gasteiger partial charge in [-0.3, -0.25) is 9.59 Å². The van der Waals surface area contributed by atoms with Crippen molar-refractivity contribution in [3.63, 3.8) is 0 Å². The molecule has 1 aliphatic carbocycles. The molecule has 3 rings (SSSR count). The summed E-state index contributed by atoms with van der Waals surface area (Å²) in [7, 11) is 3.11. The minimum absolute atomic E-state index is 0.00391. The second-order valence-electron chi connectivity index (χ2n) is 7.44. The molecule has 1 saturated carbocycles. The van der Waals surface area contributed by atoms with Crippen LogP contribution in [0.2, 0.25) is 0 Å². The molecular weight excluding hydrogens is 372 g/mol. The number of nitrogens with one attached hydrogen (secondary N) is 2. The van der Waals surface area contributed by atoms with Crippen LogP contribution in [0.15, 0.2) is 34.7 Å². The Morgan fingerprint density at radius 3 is 2.55 bits per heavy atom. The van der Waals surface area contributed by atoms with Crippen LogP contribution >= 0.6 is 0 Å². The molecule has 7 heteroatoms. The molecule has 0 saturated heterocycles. The highest BCUT2D eigenvalue weighted by atomic mass is 16.5. The zero-order chi connectivity index (χ0) is 21.0. The molecule has 1 aromatic carbocycles. The van der Waals surface area contributed by atoms with E-state index in [1.54, 1.807) is 7.11 Å². The van der Waals surface area contributed by atoms with Crippen molar-refractivity contribution in [2.45, 2.75) is 50.7 Å². The molecule has 0 bridgehead atoms. The van der Waals surface area contributed by atoms with Gasteiger partial charge in [0.05, 0.1) is 18.8 Å². The number of hydrogen-bond donors (Lipinski definition) is 3. The van der Waals surface area contributed by atoms with Gasteiger partial charge in [0, 0.05) is 25.1 Å².